The number of carbonyl (C=O) groups is 1. The van der Waals surface area contributed by atoms with Crippen LogP contribution in [-0.2, 0) is 4.79 Å². The second kappa shape index (κ2) is 2.71. The molecule has 0 aliphatic carbocycles. The Morgan fingerprint density at radius 3 is 2.22 bits per heavy atom. The summed E-state index contributed by atoms with van der Waals surface area (Å²) in [7, 11) is 0. The van der Waals surface area contributed by atoms with Crippen molar-refractivity contribution in [2.24, 2.45) is 5.92 Å². The highest BCUT2D eigenvalue weighted by Crippen LogP contribution is 2.21. The maximum absolute atomic E-state index is 12.1. The minimum Gasteiger partial charge on any atom is -0.297 e. The molecule has 0 aliphatic heterocycles. The summed E-state index contributed by atoms with van der Waals surface area (Å²) >= 11 is 0. The van der Waals surface area contributed by atoms with E-state index in [2.05, 4.69) is 6.58 Å². The van der Waals surface area contributed by atoms with Gasteiger partial charge in [-0.25, -0.2) is 0 Å². The normalized spacial score (nSPS) is 14.6. The molecule has 1 unspecified atom stereocenters. The largest absolute Gasteiger partial charge is 0.308 e. The average molecular weight is 134 g/mol. The Balaban J connectivity index is 4.11. The Bertz CT molecular complexity index is 120. The van der Waals surface area contributed by atoms with Crippen LogP contribution in [0.2, 0.25) is 0 Å². The van der Waals surface area contributed by atoms with Crippen LogP contribution < -0.4 is 0 Å². The Kier molecular flexibility index (Phi) is 2.49. The van der Waals surface area contributed by atoms with E-state index < -0.39 is 11.8 Å². The molecule has 0 aliphatic rings. The van der Waals surface area contributed by atoms with E-state index in [4.69, 9.17) is 0 Å². The van der Waals surface area contributed by atoms with Gasteiger partial charge in [0.1, 0.15) is 0 Å². The zero-order valence-electron chi connectivity index (χ0n) is 5.10. The predicted molar refractivity (Wildman–Crippen MR) is 30.4 cm³/mol. The highest BCUT2D eigenvalue weighted by molar-refractivity contribution is 5.60. The lowest BCUT2D eigenvalue weighted by molar-refractivity contribution is -0.133. The summed E-state index contributed by atoms with van der Waals surface area (Å²) in [5.74, 6) is -4.32. The van der Waals surface area contributed by atoms with Crippen LogP contribution in [0, 0.1) is 5.92 Å². The number of hydrogen-bond acceptors (Lipinski definition) is 1. The van der Waals surface area contributed by atoms with Crippen molar-refractivity contribution in [2.45, 2.75) is 12.8 Å². The Morgan fingerprint density at radius 2 is 2.11 bits per heavy atom. The van der Waals surface area contributed by atoms with Crippen molar-refractivity contribution in [1.29, 1.82) is 0 Å². The highest BCUT2D eigenvalue weighted by Gasteiger charge is 2.33. The minimum absolute atomic E-state index is 0.362. The summed E-state index contributed by atoms with van der Waals surface area (Å²) in [5, 5.41) is 0. The molecular weight excluding hydrogens is 126 g/mol. The van der Waals surface area contributed by atoms with Crippen LogP contribution in [0.25, 0.3) is 0 Å². The highest BCUT2D eigenvalue weighted by atomic mass is 19.3. The molecule has 0 aromatic heterocycles. The fourth-order valence-corrected chi connectivity index (χ4v) is 0.264. The molecule has 0 heterocycles. The molecule has 0 radical (unpaired) electrons. The van der Waals surface area contributed by atoms with Crippen molar-refractivity contribution in [2.75, 3.05) is 0 Å². The van der Waals surface area contributed by atoms with Crippen LogP contribution in [0.5, 0.6) is 0 Å². The van der Waals surface area contributed by atoms with Gasteiger partial charge in [-0.3, -0.25) is 4.79 Å². The van der Waals surface area contributed by atoms with Gasteiger partial charge in [0, 0.05) is 5.92 Å². The van der Waals surface area contributed by atoms with Gasteiger partial charge in [0.2, 0.25) is 0 Å². The summed E-state index contributed by atoms with van der Waals surface area (Å²) in [4.78, 5) is 9.63. The number of carbonyl (C=O) groups excluding carboxylic acids is 1. The van der Waals surface area contributed by atoms with Gasteiger partial charge in [-0.05, 0) is 0 Å². The zero-order valence-corrected chi connectivity index (χ0v) is 5.10. The van der Waals surface area contributed by atoms with Crippen molar-refractivity contribution >= 4 is 6.29 Å². The molecule has 0 aromatic rings. The molecule has 0 saturated heterocycles. The third-order valence-electron chi connectivity index (χ3n) is 1.12. The molecule has 0 aromatic carbocycles. The number of rotatable bonds is 3. The maximum Gasteiger partial charge on any atom is 0.308 e. The summed E-state index contributed by atoms with van der Waals surface area (Å²) in [6, 6.07) is 0. The SMILES string of the molecule is C=CC(C)C(F)(F)C=O. The van der Waals surface area contributed by atoms with Gasteiger partial charge in [0.25, 0.3) is 0 Å². The van der Waals surface area contributed by atoms with Gasteiger partial charge >= 0.3 is 5.92 Å². The van der Waals surface area contributed by atoms with E-state index in [1.54, 1.807) is 0 Å². The molecule has 1 nitrogen and oxygen atoms in total. The monoisotopic (exact) mass is 134 g/mol. The number of alkyl halides is 2. The van der Waals surface area contributed by atoms with Crippen molar-refractivity contribution in [3.8, 4) is 0 Å². The van der Waals surface area contributed by atoms with Gasteiger partial charge in [-0.2, -0.15) is 8.78 Å². The first-order valence-electron chi connectivity index (χ1n) is 2.51. The zero-order chi connectivity index (χ0) is 7.49. The van der Waals surface area contributed by atoms with E-state index in [1.807, 2.05) is 0 Å². The van der Waals surface area contributed by atoms with Gasteiger partial charge in [0.15, 0.2) is 6.29 Å². The summed E-state index contributed by atoms with van der Waals surface area (Å²) in [6.45, 7) is 4.37. The van der Waals surface area contributed by atoms with Gasteiger partial charge < -0.3 is 0 Å². The topological polar surface area (TPSA) is 17.1 Å². The van der Waals surface area contributed by atoms with Crippen LogP contribution in [0.15, 0.2) is 12.7 Å². The first-order chi connectivity index (χ1) is 4.04. The third kappa shape index (κ3) is 1.91. The van der Waals surface area contributed by atoms with E-state index >= 15 is 0 Å². The van der Waals surface area contributed by atoms with Gasteiger partial charge in [-0.15, -0.1) is 6.58 Å². The van der Waals surface area contributed by atoms with E-state index in [0.717, 1.165) is 6.08 Å². The van der Waals surface area contributed by atoms with E-state index in [1.165, 1.54) is 6.92 Å². The maximum atomic E-state index is 12.1. The van der Waals surface area contributed by atoms with E-state index in [-0.39, 0.29) is 6.29 Å². The molecule has 0 amide bonds. The third-order valence-corrected chi connectivity index (χ3v) is 1.12. The molecule has 0 rings (SSSR count). The first-order valence-corrected chi connectivity index (χ1v) is 2.51. The van der Waals surface area contributed by atoms with Gasteiger partial charge in [-0.1, -0.05) is 13.0 Å². The molecule has 0 N–H and O–H groups in total. The number of hydrogen-bond donors (Lipinski definition) is 0. The second-order valence-electron chi connectivity index (χ2n) is 1.82. The summed E-state index contributed by atoms with van der Waals surface area (Å²) in [5.41, 5.74) is 0. The minimum atomic E-state index is -3.25. The Hall–Kier alpha value is -0.730. The van der Waals surface area contributed by atoms with Crippen molar-refractivity contribution in [3.63, 3.8) is 0 Å². The van der Waals surface area contributed by atoms with E-state index in [0.29, 0.717) is 0 Å². The molecule has 52 valence electrons. The standard InChI is InChI=1S/C6H8F2O/c1-3-5(2)6(7,8)4-9/h3-5H,1H2,2H3. The molecule has 0 bridgehead atoms. The van der Waals surface area contributed by atoms with Crippen LogP contribution in [-0.4, -0.2) is 12.2 Å². The van der Waals surface area contributed by atoms with E-state index in [9.17, 15) is 13.6 Å². The van der Waals surface area contributed by atoms with Crippen molar-refractivity contribution in [1.82, 2.24) is 0 Å². The van der Waals surface area contributed by atoms with Gasteiger partial charge in [0.05, 0.1) is 0 Å². The Morgan fingerprint density at radius 1 is 1.67 bits per heavy atom. The average Bonchev–Trinajstić information content (AvgIpc) is 1.86. The van der Waals surface area contributed by atoms with Crippen LogP contribution in [0.4, 0.5) is 8.78 Å². The van der Waals surface area contributed by atoms with Crippen LogP contribution in [0.1, 0.15) is 6.92 Å². The van der Waals surface area contributed by atoms with Crippen molar-refractivity contribution in [3.05, 3.63) is 12.7 Å². The quantitative estimate of drug-likeness (QED) is 0.423. The molecular formula is C6H8F2O. The number of halogens is 2. The lowest BCUT2D eigenvalue weighted by Crippen LogP contribution is -2.25. The predicted octanol–water partition coefficient (Wildman–Crippen LogP) is 1.64. The molecule has 0 fully saturated rings. The van der Waals surface area contributed by atoms with Crippen LogP contribution >= 0.6 is 0 Å². The fourth-order valence-electron chi connectivity index (χ4n) is 0.264. The Labute approximate surface area is 52.4 Å². The molecule has 0 spiro atoms. The van der Waals surface area contributed by atoms with Crippen LogP contribution in [0.3, 0.4) is 0 Å². The summed E-state index contributed by atoms with van der Waals surface area (Å²) in [6.07, 6.45) is 0.688. The summed E-state index contributed by atoms with van der Waals surface area (Å²) < 4.78 is 24.2. The number of aldehydes is 1. The first kappa shape index (κ1) is 8.27. The molecule has 1 atom stereocenters. The second-order valence-corrected chi connectivity index (χ2v) is 1.82. The molecule has 0 saturated carbocycles. The van der Waals surface area contributed by atoms with Crippen molar-refractivity contribution < 1.29 is 13.6 Å². The lowest BCUT2D eigenvalue weighted by atomic mass is 10.1. The molecule has 3 heteroatoms. The smallest absolute Gasteiger partial charge is 0.297 e. The fraction of sp³-hybridized carbons (Fsp3) is 0.500. The number of allylic oxidation sites excluding steroid dienone is 1. The molecule has 9 heavy (non-hydrogen) atoms. The lowest BCUT2D eigenvalue weighted by Gasteiger charge is -2.12.